The lowest BCUT2D eigenvalue weighted by Crippen LogP contribution is -2.14. The third-order valence-corrected chi connectivity index (χ3v) is 2.92. The second-order valence-electron chi connectivity index (χ2n) is 3.72. The lowest BCUT2D eigenvalue weighted by Gasteiger charge is -2.18. The van der Waals surface area contributed by atoms with Gasteiger partial charge in [0.1, 0.15) is 0 Å². The molecule has 4 heteroatoms. The standard InChI is InChI=1S/C11H14ClN3/c1-15-11(6-10(7-13)14-15)8-2-4-9(12)5-3-8/h2-5,11H,6-7,13H2,1H3. The van der Waals surface area contributed by atoms with Crippen LogP contribution in [0.5, 0.6) is 0 Å². The van der Waals surface area contributed by atoms with Crippen LogP contribution < -0.4 is 5.73 Å². The van der Waals surface area contributed by atoms with Crippen LogP contribution in [0.25, 0.3) is 0 Å². The van der Waals surface area contributed by atoms with E-state index in [9.17, 15) is 0 Å². The molecule has 2 N–H and O–H groups in total. The summed E-state index contributed by atoms with van der Waals surface area (Å²) < 4.78 is 0. The minimum Gasteiger partial charge on any atom is -0.325 e. The van der Waals surface area contributed by atoms with Crippen molar-refractivity contribution in [3.05, 3.63) is 34.9 Å². The summed E-state index contributed by atoms with van der Waals surface area (Å²) in [6.45, 7) is 0.536. The second kappa shape index (κ2) is 4.21. The minimum atomic E-state index is 0.306. The van der Waals surface area contributed by atoms with Gasteiger partial charge in [-0.3, -0.25) is 5.01 Å². The Labute approximate surface area is 94.5 Å². The van der Waals surface area contributed by atoms with E-state index in [0.717, 1.165) is 17.2 Å². The van der Waals surface area contributed by atoms with Gasteiger partial charge in [-0.1, -0.05) is 23.7 Å². The molecule has 3 nitrogen and oxygen atoms in total. The highest BCUT2D eigenvalue weighted by Crippen LogP contribution is 2.29. The molecule has 2 rings (SSSR count). The SMILES string of the molecule is CN1N=C(CN)CC1c1ccc(Cl)cc1. The number of nitrogens with two attached hydrogens (primary N) is 1. The minimum absolute atomic E-state index is 0.306. The predicted molar refractivity (Wildman–Crippen MR) is 63.1 cm³/mol. The summed E-state index contributed by atoms with van der Waals surface area (Å²) in [5.41, 5.74) is 7.87. The monoisotopic (exact) mass is 223 g/mol. The van der Waals surface area contributed by atoms with Gasteiger partial charge in [0.05, 0.1) is 11.8 Å². The average Bonchev–Trinajstić information content (AvgIpc) is 2.61. The van der Waals surface area contributed by atoms with Gasteiger partial charge in [0, 0.05) is 25.0 Å². The number of halogens is 1. The normalized spacial score (nSPS) is 20.6. The lowest BCUT2D eigenvalue weighted by atomic mass is 10.0. The molecule has 80 valence electrons. The van der Waals surface area contributed by atoms with Crippen molar-refractivity contribution in [1.82, 2.24) is 5.01 Å². The molecule has 15 heavy (non-hydrogen) atoms. The first kappa shape index (κ1) is 10.5. The summed E-state index contributed by atoms with van der Waals surface area (Å²) in [6, 6.07) is 8.20. The Balaban J connectivity index is 2.17. The molecule has 1 aliphatic heterocycles. The van der Waals surface area contributed by atoms with Crippen molar-refractivity contribution in [2.24, 2.45) is 10.8 Å². The van der Waals surface area contributed by atoms with E-state index in [-0.39, 0.29) is 0 Å². The Kier molecular flexibility index (Phi) is 2.93. The zero-order chi connectivity index (χ0) is 10.8. The Morgan fingerprint density at radius 3 is 2.67 bits per heavy atom. The highest BCUT2D eigenvalue weighted by Gasteiger charge is 2.23. The third kappa shape index (κ3) is 2.13. The molecular weight excluding hydrogens is 210 g/mol. The fourth-order valence-electron chi connectivity index (χ4n) is 1.83. The first-order valence-corrected chi connectivity index (χ1v) is 5.33. The maximum absolute atomic E-state index is 5.85. The molecule has 1 aliphatic rings. The topological polar surface area (TPSA) is 41.6 Å². The smallest absolute Gasteiger partial charge is 0.0769 e. The van der Waals surface area contributed by atoms with Gasteiger partial charge in [-0.15, -0.1) is 0 Å². The van der Waals surface area contributed by atoms with Crippen LogP contribution in [-0.2, 0) is 0 Å². The largest absolute Gasteiger partial charge is 0.325 e. The van der Waals surface area contributed by atoms with Gasteiger partial charge in [0.2, 0.25) is 0 Å². The Bertz CT molecular complexity index is 372. The van der Waals surface area contributed by atoms with E-state index in [4.69, 9.17) is 17.3 Å². The first-order valence-electron chi connectivity index (χ1n) is 4.95. The molecule has 0 fully saturated rings. The highest BCUT2D eigenvalue weighted by molar-refractivity contribution is 6.30. The molecule has 1 aromatic carbocycles. The van der Waals surface area contributed by atoms with Gasteiger partial charge in [-0.05, 0) is 17.7 Å². The number of hydrogen-bond donors (Lipinski definition) is 1. The van der Waals surface area contributed by atoms with E-state index in [1.165, 1.54) is 5.56 Å². The Hall–Kier alpha value is -1.06. The number of benzene rings is 1. The van der Waals surface area contributed by atoms with Gasteiger partial charge >= 0.3 is 0 Å². The van der Waals surface area contributed by atoms with Gasteiger partial charge in [-0.25, -0.2) is 0 Å². The third-order valence-electron chi connectivity index (χ3n) is 2.67. The van der Waals surface area contributed by atoms with Crippen LogP contribution in [-0.4, -0.2) is 24.3 Å². The summed E-state index contributed by atoms with van der Waals surface area (Å²) in [7, 11) is 1.97. The van der Waals surface area contributed by atoms with Gasteiger partial charge in [0.15, 0.2) is 0 Å². The second-order valence-corrected chi connectivity index (χ2v) is 4.15. The quantitative estimate of drug-likeness (QED) is 0.834. The van der Waals surface area contributed by atoms with E-state index >= 15 is 0 Å². The van der Waals surface area contributed by atoms with Crippen molar-refractivity contribution in [2.45, 2.75) is 12.5 Å². The Morgan fingerprint density at radius 2 is 2.13 bits per heavy atom. The predicted octanol–water partition coefficient (Wildman–Crippen LogP) is 2.03. The number of nitrogens with zero attached hydrogens (tertiary/aromatic N) is 2. The molecule has 1 atom stereocenters. The molecule has 1 unspecified atom stereocenters. The summed E-state index contributed by atoms with van der Waals surface area (Å²) in [5, 5.41) is 7.11. The molecule has 0 spiro atoms. The Morgan fingerprint density at radius 1 is 1.47 bits per heavy atom. The van der Waals surface area contributed by atoms with Crippen LogP contribution in [0.1, 0.15) is 18.0 Å². The van der Waals surface area contributed by atoms with Crippen molar-refractivity contribution in [3.63, 3.8) is 0 Å². The molecule has 0 saturated carbocycles. The van der Waals surface area contributed by atoms with Crippen LogP contribution >= 0.6 is 11.6 Å². The van der Waals surface area contributed by atoms with E-state index < -0.39 is 0 Å². The van der Waals surface area contributed by atoms with Crippen molar-refractivity contribution < 1.29 is 0 Å². The van der Waals surface area contributed by atoms with Crippen molar-refractivity contribution in [2.75, 3.05) is 13.6 Å². The fraction of sp³-hybridized carbons (Fsp3) is 0.364. The van der Waals surface area contributed by atoms with Crippen molar-refractivity contribution in [1.29, 1.82) is 0 Å². The van der Waals surface area contributed by atoms with E-state index in [1.54, 1.807) is 0 Å². The van der Waals surface area contributed by atoms with Gasteiger partial charge in [0.25, 0.3) is 0 Å². The lowest BCUT2D eigenvalue weighted by molar-refractivity contribution is 0.290. The van der Waals surface area contributed by atoms with Gasteiger partial charge < -0.3 is 5.73 Å². The molecule has 0 saturated heterocycles. The van der Waals surface area contributed by atoms with E-state index in [1.807, 2.05) is 36.3 Å². The summed E-state index contributed by atoms with van der Waals surface area (Å²) in [5.74, 6) is 0. The van der Waals surface area contributed by atoms with Crippen LogP contribution in [0.15, 0.2) is 29.4 Å². The fourth-order valence-corrected chi connectivity index (χ4v) is 1.96. The first-order chi connectivity index (χ1) is 7.20. The molecule has 0 aromatic heterocycles. The van der Waals surface area contributed by atoms with Crippen LogP contribution in [0.4, 0.5) is 0 Å². The molecular formula is C11H14ClN3. The number of hydrogen-bond acceptors (Lipinski definition) is 3. The summed E-state index contributed by atoms with van der Waals surface area (Å²) >= 11 is 5.85. The highest BCUT2D eigenvalue weighted by atomic mass is 35.5. The van der Waals surface area contributed by atoms with E-state index in [2.05, 4.69) is 5.10 Å². The van der Waals surface area contributed by atoms with Crippen LogP contribution in [0.2, 0.25) is 5.02 Å². The van der Waals surface area contributed by atoms with E-state index in [0.29, 0.717) is 12.6 Å². The zero-order valence-electron chi connectivity index (χ0n) is 8.65. The molecule has 1 aromatic rings. The summed E-state index contributed by atoms with van der Waals surface area (Å²) in [4.78, 5) is 0. The number of hydrazone groups is 1. The maximum Gasteiger partial charge on any atom is 0.0769 e. The maximum atomic E-state index is 5.85. The number of rotatable bonds is 2. The molecule has 1 heterocycles. The molecule has 0 radical (unpaired) electrons. The zero-order valence-corrected chi connectivity index (χ0v) is 9.41. The van der Waals surface area contributed by atoms with Crippen LogP contribution in [0, 0.1) is 0 Å². The van der Waals surface area contributed by atoms with Crippen molar-refractivity contribution in [3.8, 4) is 0 Å². The van der Waals surface area contributed by atoms with Crippen LogP contribution in [0.3, 0.4) is 0 Å². The average molecular weight is 224 g/mol. The van der Waals surface area contributed by atoms with Gasteiger partial charge in [-0.2, -0.15) is 5.10 Å². The molecule has 0 amide bonds. The summed E-state index contributed by atoms with van der Waals surface area (Å²) in [6.07, 6.45) is 0.911. The molecule has 0 bridgehead atoms. The van der Waals surface area contributed by atoms with Crippen molar-refractivity contribution >= 4 is 17.3 Å². The molecule has 0 aliphatic carbocycles.